The maximum atomic E-state index is 13.6. The van der Waals surface area contributed by atoms with Crippen LogP contribution in [0.1, 0.15) is 13.8 Å². The molecule has 6 heteroatoms. The van der Waals surface area contributed by atoms with Gasteiger partial charge in [0.15, 0.2) is 0 Å². The van der Waals surface area contributed by atoms with E-state index in [0.29, 0.717) is 24.0 Å². The van der Waals surface area contributed by atoms with Crippen molar-refractivity contribution in [1.29, 1.82) is 0 Å². The summed E-state index contributed by atoms with van der Waals surface area (Å²) in [5.41, 5.74) is 6.17. The number of nitrogens with two attached hydrogens (primary N) is 1. The third kappa shape index (κ3) is 4.05. The molecular weight excluding hydrogens is 276 g/mol. The molecule has 1 aromatic carbocycles. The van der Waals surface area contributed by atoms with Crippen LogP contribution in [0.3, 0.4) is 0 Å². The maximum Gasteiger partial charge on any atom is 0.239 e. The van der Waals surface area contributed by atoms with Gasteiger partial charge in [-0.3, -0.25) is 0 Å². The molecule has 0 aliphatic heterocycles. The number of nitrogens with zero attached hydrogens (tertiary/aromatic N) is 1. The van der Waals surface area contributed by atoms with E-state index in [1.807, 2.05) is 13.8 Å². The number of nitrogen functional groups attached to an aromatic ring is 1. The predicted octanol–water partition coefficient (Wildman–Crippen LogP) is 3.72. The normalized spacial score (nSPS) is 10.7. The summed E-state index contributed by atoms with van der Waals surface area (Å²) >= 11 is 0. The number of halogens is 2. The Morgan fingerprint density at radius 1 is 1.24 bits per heavy atom. The first kappa shape index (κ1) is 15.0. The summed E-state index contributed by atoms with van der Waals surface area (Å²) in [6.45, 7) is 4.47. The molecule has 21 heavy (non-hydrogen) atoms. The van der Waals surface area contributed by atoms with Crippen molar-refractivity contribution >= 4 is 17.2 Å². The molecule has 0 amide bonds. The van der Waals surface area contributed by atoms with Crippen LogP contribution in [0.2, 0.25) is 0 Å². The Hall–Kier alpha value is -2.37. The molecule has 2 rings (SSSR count). The number of anilines is 3. The van der Waals surface area contributed by atoms with Crippen LogP contribution in [0.15, 0.2) is 30.3 Å². The van der Waals surface area contributed by atoms with Crippen LogP contribution < -0.4 is 15.8 Å². The van der Waals surface area contributed by atoms with E-state index in [4.69, 9.17) is 10.5 Å². The zero-order valence-corrected chi connectivity index (χ0v) is 11.9. The van der Waals surface area contributed by atoms with Gasteiger partial charge in [-0.2, -0.15) is 4.98 Å². The topological polar surface area (TPSA) is 60.2 Å². The first-order valence-corrected chi connectivity index (χ1v) is 6.57. The minimum atomic E-state index is -0.570. The highest BCUT2D eigenvalue weighted by Gasteiger charge is 2.09. The lowest BCUT2D eigenvalue weighted by molar-refractivity contribution is 0.263. The van der Waals surface area contributed by atoms with Crippen molar-refractivity contribution in [2.24, 2.45) is 5.92 Å². The van der Waals surface area contributed by atoms with Gasteiger partial charge in [-0.1, -0.05) is 13.8 Å². The molecular formula is C15H17F2N3O. The Morgan fingerprint density at radius 2 is 2.00 bits per heavy atom. The Balaban J connectivity index is 2.20. The van der Waals surface area contributed by atoms with Gasteiger partial charge in [0.25, 0.3) is 0 Å². The molecule has 0 spiro atoms. The van der Waals surface area contributed by atoms with Gasteiger partial charge in [0.2, 0.25) is 5.88 Å². The zero-order valence-electron chi connectivity index (χ0n) is 11.9. The fourth-order valence-corrected chi connectivity index (χ4v) is 1.61. The first-order chi connectivity index (χ1) is 9.95. The van der Waals surface area contributed by atoms with Crippen LogP contribution in [0.5, 0.6) is 5.88 Å². The Kier molecular flexibility index (Phi) is 4.57. The van der Waals surface area contributed by atoms with Gasteiger partial charge >= 0.3 is 0 Å². The van der Waals surface area contributed by atoms with Gasteiger partial charge in [0.1, 0.15) is 17.5 Å². The van der Waals surface area contributed by atoms with Gasteiger partial charge in [0, 0.05) is 6.07 Å². The number of pyridine rings is 1. The highest BCUT2D eigenvalue weighted by atomic mass is 19.1. The van der Waals surface area contributed by atoms with Crippen molar-refractivity contribution in [2.45, 2.75) is 13.8 Å². The molecule has 0 radical (unpaired) electrons. The second kappa shape index (κ2) is 6.39. The number of hydrogen-bond donors (Lipinski definition) is 2. The molecule has 0 fully saturated rings. The predicted molar refractivity (Wildman–Crippen MR) is 78.6 cm³/mol. The summed E-state index contributed by atoms with van der Waals surface area (Å²) in [5, 5.41) is 2.71. The molecule has 0 aliphatic rings. The molecule has 1 aromatic heterocycles. The van der Waals surface area contributed by atoms with Gasteiger partial charge in [-0.05, 0) is 30.2 Å². The van der Waals surface area contributed by atoms with Crippen LogP contribution in [0.4, 0.5) is 26.0 Å². The SMILES string of the molecule is CC(C)COc1nc(Nc2cc(F)ccc2F)ccc1N. The lowest BCUT2D eigenvalue weighted by Gasteiger charge is -2.12. The summed E-state index contributed by atoms with van der Waals surface area (Å²) in [4.78, 5) is 4.16. The Morgan fingerprint density at radius 3 is 2.71 bits per heavy atom. The Labute approximate surface area is 122 Å². The molecule has 2 aromatic rings. The molecule has 0 saturated carbocycles. The van der Waals surface area contributed by atoms with E-state index < -0.39 is 11.6 Å². The van der Waals surface area contributed by atoms with E-state index in [1.54, 1.807) is 12.1 Å². The van der Waals surface area contributed by atoms with Crippen LogP contribution in [0, 0.1) is 17.6 Å². The molecule has 0 aliphatic carbocycles. The number of ether oxygens (including phenoxy) is 1. The van der Waals surface area contributed by atoms with Crippen LogP contribution in [-0.4, -0.2) is 11.6 Å². The third-order valence-corrected chi connectivity index (χ3v) is 2.63. The number of rotatable bonds is 5. The quantitative estimate of drug-likeness (QED) is 0.882. The average molecular weight is 293 g/mol. The van der Waals surface area contributed by atoms with E-state index in [1.165, 1.54) is 0 Å². The second-order valence-corrected chi connectivity index (χ2v) is 5.04. The third-order valence-electron chi connectivity index (χ3n) is 2.63. The summed E-state index contributed by atoms with van der Waals surface area (Å²) in [5.74, 6) is -0.188. The summed E-state index contributed by atoms with van der Waals surface area (Å²) in [7, 11) is 0. The van der Waals surface area contributed by atoms with E-state index in [0.717, 1.165) is 18.2 Å². The van der Waals surface area contributed by atoms with Gasteiger partial charge < -0.3 is 15.8 Å². The highest BCUT2D eigenvalue weighted by molar-refractivity contribution is 5.61. The molecule has 0 bridgehead atoms. The minimum absolute atomic E-state index is 0.00193. The van der Waals surface area contributed by atoms with Crippen molar-refractivity contribution < 1.29 is 13.5 Å². The highest BCUT2D eigenvalue weighted by Crippen LogP contribution is 2.25. The van der Waals surface area contributed by atoms with Gasteiger partial charge in [-0.25, -0.2) is 8.78 Å². The van der Waals surface area contributed by atoms with E-state index >= 15 is 0 Å². The second-order valence-electron chi connectivity index (χ2n) is 5.04. The van der Waals surface area contributed by atoms with E-state index in [9.17, 15) is 8.78 Å². The zero-order chi connectivity index (χ0) is 15.4. The number of aromatic nitrogens is 1. The fourth-order valence-electron chi connectivity index (χ4n) is 1.61. The largest absolute Gasteiger partial charge is 0.476 e. The fraction of sp³-hybridized carbons (Fsp3) is 0.267. The molecule has 0 unspecified atom stereocenters. The van der Waals surface area contributed by atoms with Crippen molar-refractivity contribution in [1.82, 2.24) is 4.98 Å². The van der Waals surface area contributed by atoms with Crippen LogP contribution in [0.25, 0.3) is 0 Å². The van der Waals surface area contributed by atoms with Crippen molar-refractivity contribution in [3.05, 3.63) is 42.0 Å². The van der Waals surface area contributed by atoms with Crippen molar-refractivity contribution in [2.75, 3.05) is 17.7 Å². The average Bonchev–Trinajstić information content (AvgIpc) is 2.43. The van der Waals surface area contributed by atoms with Crippen LogP contribution >= 0.6 is 0 Å². The summed E-state index contributed by atoms with van der Waals surface area (Å²) < 4.78 is 32.2. The molecule has 4 nitrogen and oxygen atoms in total. The van der Waals surface area contributed by atoms with Crippen LogP contribution in [-0.2, 0) is 0 Å². The molecule has 112 valence electrons. The van der Waals surface area contributed by atoms with E-state index in [2.05, 4.69) is 10.3 Å². The molecule has 0 atom stereocenters. The lowest BCUT2D eigenvalue weighted by atomic mass is 10.2. The summed E-state index contributed by atoms with van der Waals surface area (Å²) in [6.07, 6.45) is 0. The van der Waals surface area contributed by atoms with Gasteiger partial charge in [0.05, 0.1) is 18.0 Å². The molecule has 1 heterocycles. The van der Waals surface area contributed by atoms with Crippen molar-refractivity contribution in [3.63, 3.8) is 0 Å². The first-order valence-electron chi connectivity index (χ1n) is 6.57. The standard InChI is InChI=1S/C15H17F2N3O/c1-9(2)8-21-15-12(18)5-6-14(20-15)19-13-7-10(16)3-4-11(13)17/h3-7,9H,8,18H2,1-2H3,(H,19,20). The monoisotopic (exact) mass is 293 g/mol. The number of benzene rings is 1. The molecule has 0 saturated heterocycles. The van der Waals surface area contributed by atoms with Gasteiger partial charge in [-0.15, -0.1) is 0 Å². The molecule has 3 N–H and O–H groups in total. The number of nitrogens with one attached hydrogen (secondary N) is 1. The summed E-state index contributed by atoms with van der Waals surface area (Å²) in [6, 6.07) is 6.32. The van der Waals surface area contributed by atoms with E-state index in [-0.39, 0.29) is 11.6 Å². The smallest absolute Gasteiger partial charge is 0.239 e. The Bertz CT molecular complexity index is 632. The van der Waals surface area contributed by atoms with Crippen molar-refractivity contribution in [3.8, 4) is 5.88 Å². The maximum absolute atomic E-state index is 13.6. The minimum Gasteiger partial charge on any atom is -0.476 e. The lowest BCUT2D eigenvalue weighted by Crippen LogP contribution is -2.08. The number of hydrogen-bond acceptors (Lipinski definition) is 4.